The van der Waals surface area contributed by atoms with Crippen molar-refractivity contribution in [2.75, 3.05) is 6.61 Å². The maximum Gasteiger partial charge on any atom is 0.348 e. The van der Waals surface area contributed by atoms with Crippen LogP contribution in [0.1, 0.15) is 25.5 Å². The van der Waals surface area contributed by atoms with Crippen molar-refractivity contribution in [3.63, 3.8) is 0 Å². The molecule has 0 radical (unpaired) electrons. The summed E-state index contributed by atoms with van der Waals surface area (Å²) in [5.74, 6) is 0.522. The minimum absolute atomic E-state index is 0.00450. The molecule has 0 N–H and O–H groups in total. The summed E-state index contributed by atoms with van der Waals surface area (Å²) >= 11 is 0. The minimum atomic E-state index is -0.313. The predicted molar refractivity (Wildman–Crippen MR) is 91.0 cm³/mol. The van der Waals surface area contributed by atoms with Gasteiger partial charge in [0.05, 0.1) is 17.8 Å². The average Bonchev–Trinajstić information content (AvgIpc) is 3.02. The fraction of sp³-hybridized carbons (Fsp3) is 0.263. The van der Waals surface area contributed by atoms with Gasteiger partial charge in [0.15, 0.2) is 0 Å². The van der Waals surface area contributed by atoms with Gasteiger partial charge in [0.2, 0.25) is 0 Å². The Bertz CT molecular complexity index is 991. The molecule has 0 saturated carbocycles. The molecule has 0 atom stereocenters. The van der Waals surface area contributed by atoms with Gasteiger partial charge in [-0.25, -0.2) is 9.18 Å². The van der Waals surface area contributed by atoms with Crippen molar-refractivity contribution in [1.82, 2.24) is 9.55 Å². The molecule has 0 amide bonds. The van der Waals surface area contributed by atoms with Crippen LogP contribution in [-0.4, -0.2) is 16.2 Å². The maximum atomic E-state index is 13.3. The van der Waals surface area contributed by atoms with E-state index in [0.717, 1.165) is 34.2 Å². The standard InChI is InChI=1S/C19H17FN2O2/c1-11(2)22-15-7-8-16-14(9-10-24-16)17(15)18(21-19(22)23)12-3-5-13(20)6-4-12/h3-8,11H,9-10H2,1-2H3. The summed E-state index contributed by atoms with van der Waals surface area (Å²) in [5, 5.41) is 0.921. The van der Waals surface area contributed by atoms with Gasteiger partial charge in [-0.1, -0.05) is 0 Å². The molecule has 2 aromatic carbocycles. The second-order valence-electron chi connectivity index (χ2n) is 6.25. The predicted octanol–water partition coefficient (Wildman–Crippen LogP) is 3.72. The Morgan fingerprint density at radius 1 is 1.17 bits per heavy atom. The Labute approximate surface area is 138 Å². The van der Waals surface area contributed by atoms with E-state index in [1.165, 1.54) is 12.1 Å². The van der Waals surface area contributed by atoms with Gasteiger partial charge in [-0.15, -0.1) is 0 Å². The van der Waals surface area contributed by atoms with Crippen LogP contribution in [0.3, 0.4) is 0 Å². The zero-order chi connectivity index (χ0) is 16.8. The molecule has 1 aromatic heterocycles. The zero-order valence-electron chi connectivity index (χ0n) is 13.5. The normalized spacial score (nSPS) is 13.3. The van der Waals surface area contributed by atoms with Crippen LogP contribution in [0.5, 0.6) is 5.75 Å². The highest BCUT2D eigenvalue weighted by molar-refractivity contribution is 5.96. The third-order valence-electron chi connectivity index (χ3n) is 4.40. The van der Waals surface area contributed by atoms with E-state index in [-0.39, 0.29) is 17.5 Å². The number of nitrogens with zero attached hydrogens (tertiary/aromatic N) is 2. The molecule has 0 fully saturated rings. The minimum Gasteiger partial charge on any atom is -0.493 e. The molecule has 4 nitrogen and oxygen atoms in total. The lowest BCUT2D eigenvalue weighted by atomic mass is 9.99. The third-order valence-corrected chi connectivity index (χ3v) is 4.40. The Morgan fingerprint density at radius 3 is 2.62 bits per heavy atom. The number of ether oxygens (including phenoxy) is 1. The number of hydrogen-bond acceptors (Lipinski definition) is 3. The van der Waals surface area contributed by atoms with Crippen LogP contribution in [-0.2, 0) is 6.42 Å². The maximum absolute atomic E-state index is 13.3. The summed E-state index contributed by atoms with van der Waals surface area (Å²) < 4.78 is 20.6. The molecule has 0 saturated heterocycles. The Morgan fingerprint density at radius 2 is 1.92 bits per heavy atom. The second kappa shape index (κ2) is 5.44. The summed E-state index contributed by atoms with van der Waals surface area (Å²) in [6, 6.07) is 9.91. The molecular weight excluding hydrogens is 307 g/mol. The SMILES string of the molecule is CC(C)n1c(=O)nc(-c2ccc(F)cc2)c2c3c(ccc21)OCC3. The highest BCUT2D eigenvalue weighted by Crippen LogP contribution is 2.37. The van der Waals surface area contributed by atoms with Gasteiger partial charge in [-0.2, -0.15) is 4.98 Å². The molecule has 0 aliphatic carbocycles. The highest BCUT2D eigenvalue weighted by atomic mass is 19.1. The van der Waals surface area contributed by atoms with E-state index in [1.54, 1.807) is 16.7 Å². The molecule has 2 heterocycles. The molecular formula is C19H17FN2O2. The van der Waals surface area contributed by atoms with Gasteiger partial charge >= 0.3 is 5.69 Å². The van der Waals surface area contributed by atoms with Crippen LogP contribution < -0.4 is 10.4 Å². The summed E-state index contributed by atoms with van der Waals surface area (Å²) in [6.07, 6.45) is 0.777. The van der Waals surface area contributed by atoms with Crippen molar-refractivity contribution in [3.05, 3.63) is 58.3 Å². The van der Waals surface area contributed by atoms with Crippen LogP contribution in [0.15, 0.2) is 41.2 Å². The molecule has 24 heavy (non-hydrogen) atoms. The van der Waals surface area contributed by atoms with Gasteiger partial charge in [0.25, 0.3) is 0 Å². The monoisotopic (exact) mass is 324 g/mol. The van der Waals surface area contributed by atoms with E-state index in [1.807, 2.05) is 26.0 Å². The number of rotatable bonds is 2. The second-order valence-corrected chi connectivity index (χ2v) is 6.25. The summed E-state index contributed by atoms with van der Waals surface area (Å²) in [7, 11) is 0. The van der Waals surface area contributed by atoms with Crippen molar-refractivity contribution in [2.24, 2.45) is 0 Å². The van der Waals surface area contributed by atoms with E-state index < -0.39 is 0 Å². The lowest BCUT2D eigenvalue weighted by molar-refractivity contribution is 0.357. The number of benzene rings is 2. The number of hydrogen-bond donors (Lipinski definition) is 0. The van der Waals surface area contributed by atoms with Crippen LogP contribution in [0.25, 0.3) is 22.2 Å². The van der Waals surface area contributed by atoms with Gasteiger partial charge < -0.3 is 4.74 Å². The first-order valence-electron chi connectivity index (χ1n) is 8.03. The van der Waals surface area contributed by atoms with Crippen molar-refractivity contribution >= 4 is 10.9 Å². The fourth-order valence-corrected chi connectivity index (χ4v) is 3.35. The van der Waals surface area contributed by atoms with Gasteiger partial charge in [0.1, 0.15) is 11.6 Å². The first-order valence-corrected chi connectivity index (χ1v) is 8.03. The average molecular weight is 324 g/mol. The van der Waals surface area contributed by atoms with Crippen LogP contribution in [0, 0.1) is 5.82 Å². The van der Waals surface area contributed by atoms with Crippen LogP contribution in [0.4, 0.5) is 4.39 Å². The van der Waals surface area contributed by atoms with Crippen molar-refractivity contribution in [2.45, 2.75) is 26.3 Å². The number of aromatic nitrogens is 2. The van der Waals surface area contributed by atoms with Crippen LogP contribution >= 0.6 is 0 Å². The van der Waals surface area contributed by atoms with Gasteiger partial charge in [-0.3, -0.25) is 4.57 Å². The summed E-state index contributed by atoms with van der Waals surface area (Å²) in [4.78, 5) is 16.9. The van der Waals surface area contributed by atoms with E-state index in [0.29, 0.717) is 12.3 Å². The quantitative estimate of drug-likeness (QED) is 0.721. The van der Waals surface area contributed by atoms with E-state index in [2.05, 4.69) is 4.98 Å². The third kappa shape index (κ3) is 2.19. The van der Waals surface area contributed by atoms with Gasteiger partial charge in [-0.05, 0) is 50.2 Å². The van der Waals surface area contributed by atoms with Crippen molar-refractivity contribution < 1.29 is 9.13 Å². The molecule has 122 valence electrons. The lowest BCUT2D eigenvalue weighted by Crippen LogP contribution is -2.25. The highest BCUT2D eigenvalue weighted by Gasteiger charge is 2.22. The van der Waals surface area contributed by atoms with E-state index >= 15 is 0 Å². The molecule has 1 aliphatic heterocycles. The van der Waals surface area contributed by atoms with Crippen molar-refractivity contribution in [1.29, 1.82) is 0 Å². The summed E-state index contributed by atoms with van der Waals surface area (Å²) in [6.45, 7) is 4.55. The van der Waals surface area contributed by atoms with E-state index in [4.69, 9.17) is 4.74 Å². The molecule has 1 aliphatic rings. The first-order chi connectivity index (χ1) is 11.6. The van der Waals surface area contributed by atoms with Crippen LogP contribution in [0.2, 0.25) is 0 Å². The largest absolute Gasteiger partial charge is 0.493 e. The molecule has 4 rings (SSSR count). The Kier molecular flexibility index (Phi) is 3.37. The molecule has 5 heteroatoms. The molecule has 0 spiro atoms. The van der Waals surface area contributed by atoms with E-state index in [9.17, 15) is 9.18 Å². The molecule has 0 unspecified atom stereocenters. The smallest absolute Gasteiger partial charge is 0.348 e. The number of fused-ring (bicyclic) bond motifs is 3. The Balaban J connectivity index is 2.14. The lowest BCUT2D eigenvalue weighted by Gasteiger charge is -2.17. The zero-order valence-corrected chi connectivity index (χ0v) is 13.5. The molecule has 0 bridgehead atoms. The topological polar surface area (TPSA) is 44.1 Å². The number of halogens is 1. The summed E-state index contributed by atoms with van der Waals surface area (Å²) in [5.41, 5.74) is 2.93. The fourth-order valence-electron chi connectivity index (χ4n) is 3.35. The van der Waals surface area contributed by atoms with Crippen molar-refractivity contribution in [3.8, 4) is 17.0 Å². The Hall–Kier alpha value is -2.69. The first kappa shape index (κ1) is 14.9. The molecule has 3 aromatic rings. The van der Waals surface area contributed by atoms with Gasteiger partial charge in [0, 0.05) is 29.0 Å².